The summed E-state index contributed by atoms with van der Waals surface area (Å²) in [5, 5.41) is 3.48. The summed E-state index contributed by atoms with van der Waals surface area (Å²) < 4.78 is 26.1. The van der Waals surface area contributed by atoms with E-state index in [-0.39, 0.29) is 24.0 Å². The molecule has 0 aliphatic heterocycles. The maximum Gasteiger partial charge on any atom is 0.129 e. The highest BCUT2D eigenvalue weighted by Gasteiger charge is 2.05. The van der Waals surface area contributed by atoms with Gasteiger partial charge in [0.2, 0.25) is 0 Å². The lowest BCUT2D eigenvalue weighted by atomic mass is 10.2. The molecule has 0 fully saturated rings. The van der Waals surface area contributed by atoms with Crippen molar-refractivity contribution in [2.24, 2.45) is 0 Å². The normalized spacial score (nSPS) is 10.1. The van der Waals surface area contributed by atoms with E-state index < -0.39 is 0 Å². The number of halogens is 4. The van der Waals surface area contributed by atoms with Crippen LogP contribution in [-0.4, -0.2) is 0 Å². The highest BCUT2D eigenvalue weighted by molar-refractivity contribution is 6.31. The van der Waals surface area contributed by atoms with Gasteiger partial charge in [0.25, 0.3) is 0 Å². The summed E-state index contributed by atoms with van der Waals surface area (Å²) in [7, 11) is 0. The molecule has 0 spiro atoms. The van der Waals surface area contributed by atoms with E-state index in [0.29, 0.717) is 23.7 Å². The maximum absolute atomic E-state index is 13.5. The van der Waals surface area contributed by atoms with Crippen LogP contribution in [0.3, 0.4) is 0 Å². The zero-order chi connectivity index (χ0) is 13.0. The molecular weight excluding hydrogens is 291 g/mol. The number of benzene rings is 2. The van der Waals surface area contributed by atoms with Gasteiger partial charge in [-0.1, -0.05) is 29.8 Å². The Morgan fingerprint density at radius 1 is 0.947 bits per heavy atom. The van der Waals surface area contributed by atoms with Crippen LogP contribution in [0.4, 0.5) is 8.78 Å². The second-order valence-electron chi connectivity index (χ2n) is 3.93. The zero-order valence-corrected chi connectivity index (χ0v) is 11.6. The molecule has 2 aromatic rings. The van der Waals surface area contributed by atoms with Gasteiger partial charge in [0.15, 0.2) is 0 Å². The molecular formula is C14H13Cl2F2N. The van der Waals surface area contributed by atoms with Gasteiger partial charge >= 0.3 is 0 Å². The van der Waals surface area contributed by atoms with E-state index in [0.717, 1.165) is 5.56 Å². The summed E-state index contributed by atoms with van der Waals surface area (Å²) in [5.41, 5.74) is 1.38. The second-order valence-corrected chi connectivity index (χ2v) is 4.34. The molecule has 0 saturated carbocycles. The lowest BCUT2D eigenvalue weighted by molar-refractivity contribution is 0.587. The highest BCUT2D eigenvalue weighted by atomic mass is 35.5. The predicted molar refractivity (Wildman–Crippen MR) is 75.6 cm³/mol. The first-order chi connectivity index (χ1) is 8.66. The summed E-state index contributed by atoms with van der Waals surface area (Å²) in [6.07, 6.45) is 0. The Kier molecular flexibility index (Phi) is 6.22. The number of rotatable bonds is 4. The molecule has 1 nitrogen and oxygen atoms in total. The fourth-order valence-corrected chi connectivity index (χ4v) is 1.87. The SMILES string of the molecule is Cl.Fc1ccc(CNCc2c(F)cccc2Cl)cc1. The van der Waals surface area contributed by atoms with Gasteiger partial charge in [-0.2, -0.15) is 0 Å². The molecule has 0 aliphatic carbocycles. The average molecular weight is 304 g/mol. The molecule has 0 bridgehead atoms. The number of nitrogens with one attached hydrogen (secondary N) is 1. The smallest absolute Gasteiger partial charge is 0.129 e. The standard InChI is InChI=1S/C14H12ClF2N.ClH/c15-13-2-1-3-14(17)12(13)9-18-8-10-4-6-11(16)7-5-10;/h1-7,18H,8-9H2;1H. The van der Waals surface area contributed by atoms with Crippen molar-refractivity contribution >= 4 is 24.0 Å². The Morgan fingerprint density at radius 3 is 2.26 bits per heavy atom. The molecule has 1 N–H and O–H groups in total. The number of hydrogen-bond acceptors (Lipinski definition) is 1. The van der Waals surface area contributed by atoms with Crippen LogP contribution in [0, 0.1) is 11.6 Å². The van der Waals surface area contributed by atoms with Gasteiger partial charge in [-0.05, 0) is 29.8 Å². The first-order valence-electron chi connectivity index (χ1n) is 5.55. The van der Waals surface area contributed by atoms with E-state index >= 15 is 0 Å². The zero-order valence-electron chi connectivity index (χ0n) is 10.00. The van der Waals surface area contributed by atoms with Gasteiger partial charge in [-0.15, -0.1) is 12.4 Å². The van der Waals surface area contributed by atoms with Gasteiger partial charge in [-0.3, -0.25) is 0 Å². The summed E-state index contributed by atoms with van der Waals surface area (Å²) in [5.74, 6) is -0.593. The van der Waals surface area contributed by atoms with Crippen molar-refractivity contribution in [3.63, 3.8) is 0 Å². The Balaban J connectivity index is 0.00000180. The first-order valence-corrected chi connectivity index (χ1v) is 5.92. The largest absolute Gasteiger partial charge is 0.308 e. The number of hydrogen-bond donors (Lipinski definition) is 1. The summed E-state index contributed by atoms with van der Waals surface area (Å²) >= 11 is 5.90. The summed E-state index contributed by atoms with van der Waals surface area (Å²) in [4.78, 5) is 0. The fourth-order valence-electron chi connectivity index (χ4n) is 1.64. The molecule has 5 heteroatoms. The Labute approximate surface area is 122 Å². The van der Waals surface area contributed by atoms with Crippen molar-refractivity contribution in [1.82, 2.24) is 5.32 Å². The van der Waals surface area contributed by atoms with E-state index in [2.05, 4.69) is 5.32 Å². The Hall–Kier alpha value is -1.16. The fraction of sp³-hybridized carbons (Fsp3) is 0.143. The molecule has 0 amide bonds. The van der Waals surface area contributed by atoms with Gasteiger partial charge in [0.05, 0.1) is 0 Å². The van der Waals surface area contributed by atoms with Crippen molar-refractivity contribution in [3.05, 3.63) is 70.2 Å². The lowest BCUT2D eigenvalue weighted by Crippen LogP contribution is -2.14. The van der Waals surface area contributed by atoms with E-state index in [1.54, 1.807) is 24.3 Å². The molecule has 0 unspecified atom stereocenters. The molecule has 0 saturated heterocycles. The van der Waals surface area contributed by atoms with Gasteiger partial charge < -0.3 is 5.32 Å². The molecule has 0 heterocycles. The van der Waals surface area contributed by atoms with E-state index in [9.17, 15) is 8.78 Å². The minimum Gasteiger partial charge on any atom is -0.308 e. The topological polar surface area (TPSA) is 12.0 Å². The molecule has 102 valence electrons. The highest BCUT2D eigenvalue weighted by Crippen LogP contribution is 2.18. The summed E-state index contributed by atoms with van der Waals surface area (Å²) in [6.45, 7) is 0.869. The third kappa shape index (κ3) is 4.46. The van der Waals surface area contributed by atoms with Crippen LogP contribution in [0.15, 0.2) is 42.5 Å². The van der Waals surface area contributed by atoms with Crippen LogP contribution in [0.5, 0.6) is 0 Å². The van der Waals surface area contributed by atoms with Crippen molar-refractivity contribution in [1.29, 1.82) is 0 Å². The molecule has 0 aliphatic rings. The van der Waals surface area contributed by atoms with E-state index in [4.69, 9.17) is 11.6 Å². The van der Waals surface area contributed by atoms with Crippen molar-refractivity contribution in [2.75, 3.05) is 0 Å². The molecule has 0 atom stereocenters. The summed E-state index contributed by atoms with van der Waals surface area (Å²) in [6, 6.07) is 10.8. The minimum atomic E-state index is -0.325. The van der Waals surface area contributed by atoms with Crippen LogP contribution < -0.4 is 5.32 Å². The van der Waals surface area contributed by atoms with Gasteiger partial charge in [-0.25, -0.2) is 8.78 Å². The van der Waals surface area contributed by atoms with E-state index in [1.165, 1.54) is 18.2 Å². The van der Waals surface area contributed by atoms with Crippen LogP contribution in [0.2, 0.25) is 5.02 Å². The Morgan fingerprint density at radius 2 is 1.63 bits per heavy atom. The van der Waals surface area contributed by atoms with Gasteiger partial charge in [0.1, 0.15) is 11.6 Å². The Bertz CT molecular complexity index is 509. The first kappa shape index (κ1) is 15.9. The lowest BCUT2D eigenvalue weighted by Gasteiger charge is -2.08. The van der Waals surface area contributed by atoms with Crippen molar-refractivity contribution in [2.45, 2.75) is 13.1 Å². The van der Waals surface area contributed by atoms with Crippen LogP contribution in [0.1, 0.15) is 11.1 Å². The van der Waals surface area contributed by atoms with Gasteiger partial charge in [0, 0.05) is 23.7 Å². The second kappa shape index (κ2) is 7.43. The monoisotopic (exact) mass is 303 g/mol. The quantitative estimate of drug-likeness (QED) is 0.886. The van der Waals surface area contributed by atoms with Crippen LogP contribution in [-0.2, 0) is 13.1 Å². The van der Waals surface area contributed by atoms with Crippen LogP contribution >= 0.6 is 24.0 Å². The van der Waals surface area contributed by atoms with Crippen LogP contribution in [0.25, 0.3) is 0 Å². The van der Waals surface area contributed by atoms with Crippen molar-refractivity contribution in [3.8, 4) is 0 Å². The van der Waals surface area contributed by atoms with E-state index in [1.807, 2.05) is 0 Å². The molecule has 2 aromatic carbocycles. The minimum absolute atomic E-state index is 0. The molecule has 0 radical (unpaired) electrons. The maximum atomic E-state index is 13.5. The van der Waals surface area contributed by atoms with Crippen molar-refractivity contribution < 1.29 is 8.78 Å². The molecule has 19 heavy (non-hydrogen) atoms. The third-order valence-corrected chi connectivity index (χ3v) is 2.96. The third-order valence-electron chi connectivity index (χ3n) is 2.61. The molecule has 2 rings (SSSR count). The average Bonchev–Trinajstić information content (AvgIpc) is 2.35. The molecule has 0 aromatic heterocycles. The predicted octanol–water partition coefficient (Wildman–Crippen LogP) is 4.33.